The third kappa shape index (κ3) is 6.29. The summed E-state index contributed by atoms with van der Waals surface area (Å²) in [5, 5.41) is 19.5. The molecule has 8 rings (SSSR count). The molecule has 5 atom stereocenters. The van der Waals surface area contributed by atoms with E-state index in [2.05, 4.69) is 0 Å². The highest BCUT2D eigenvalue weighted by molar-refractivity contribution is 5.80. The van der Waals surface area contributed by atoms with E-state index in [4.69, 9.17) is 9.47 Å². The molecule has 5 unspecified atom stereocenters. The van der Waals surface area contributed by atoms with E-state index in [1.54, 1.807) is 0 Å². The molecule has 246 valence electrons. The lowest BCUT2D eigenvalue weighted by molar-refractivity contribution is -0.238. The van der Waals surface area contributed by atoms with Crippen LogP contribution in [0.25, 0.3) is 0 Å². The normalized spacial score (nSPS) is 42.2. The van der Waals surface area contributed by atoms with Crippen LogP contribution in [0, 0.1) is 45.3 Å². The van der Waals surface area contributed by atoms with Crippen LogP contribution in [0.5, 0.6) is 0 Å². The highest BCUT2D eigenvalue weighted by Crippen LogP contribution is 2.66. The van der Waals surface area contributed by atoms with Gasteiger partial charge in [-0.1, -0.05) is 0 Å². The Hall–Kier alpha value is -1.56. The van der Waals surface area contributed by atoms with Gasteiger partial charge in [0.15, 0.2) is 0 Å². The summed E-state index contributed by atoms with van der Waals surface area (Å²) in [5.74, 6) is -4.75. The van der Waals surface area contributed by atoms with Crippen LogP contribution in [-0.2, 0) is 19.1 Å². The molecule has 8 aliphatic carbocycles. The van der Waals surface area contributed by atoms with Gasteiger partial charge < -0.3 is 19.7 Å². The Bertz CT molecular complexity index is 1060. The largest absolute Gasteiger partial charge is 0.462 e. The molecule has 0 amide bonds. The van der Waals surface area contributed by atoms with Gasteiger partial charge in [-0.25, -0.2) is 14.0 Å². The van der Waals surface area contributed by atoms with Crippen LogP contribution >= 0.6 is 0 Å². The smallest absolute Gasteiger partial charge is 0.433 e. The summed E-state index contributed by atoms with van der Waals surface area (Å²) < 4.78 is 86.9. The van der Waals surface area contributed by atoms with Crippen LogP contribution in [0.1, 0.15) is 90.9 Å². The Morgan fingerprint density at radius 3 is 1.26 bits per heavy atom. The zero-order valence-corrected chi connectivity index (χ0v) is 24.9. The Morgan fingerprint density at radius 1 is 0.628 bits per heavy atom. The number of rotatable bonds is 8. The molecule has 0 aromatic heterocycles. The Balaban J connectivity index is 0.000000173. The van der Waals surface area contributed by atoms with Gasteiger partial charge in [-0.15, -0.1) is 0 Å². The summed E-state index contributed by atoms with van der Waals surface area (Å²) in [4.78, 5) is 22.9. The maximum Gasteiger partial charge on any atom is 0.433 e. The van der Waals surface area contributed by atoms with Crippen molar-refractivity contribution in [1.82, 2.24) is 0 Å². The van der Waals surface area contributed by atoms with E-state index < -0.39 is 35.1 Å². The Kier molecular flexibility index (Phi) is 8.22. The predicted molar refractivity (Wildman–Crippen MR) is 141 cm³/mol. The highest BCUT2D eigenvalue weighted by Gasteiger charge is 2.62. The summed E-state index contributed by atoms with van der Waals surface area (Å²) in [6, 6.07) is 0. The maximum absolute atomic E-state index is 13.7. The van der Waals surface area contributed by atoms with E-state index in [1.165, 1.54) is 6.42 Å². The van der Waals surface area contributed by atoms with Gasteiger partial charge in [0.2, 0.25) is 0 Å². The van der Waals surface area contributed by atoms with E-state index >= 15 is 0 Å². The molecule has 8 fully saturated rings. The minimum absolute atomic E-state index is 0.0504. The maximum atomic E-state index is 13.7. The number of aliphatic hydroxyl groups excluding tert-OH is 2. The summed E-state index contributed by atoms with van der Waals surface area (Å²) in [5.41, 5.74) is -4.80. The molecule has 0 saturated heterocycles. The monoisotopic (exact) mass is 626 g/mol. The summed E-state index contributed by atoms with van der Waals surface area (Å²) in [7, 11) is 0. The van der Waals surface area contributed by atoms with Gasteiger partial charge in [0, 0.05) is 31.0 Å². The highest BCUT2D eigenvalue weighted by atomic mass is 19.4. The lowest BCUT2D eigenvalue weighted by Gasteiger charge is -2.61. The van der Waals surface area contributed by atoms with E-state index in [1.807, 2.05) is 0 Å². The average Bonchev–Trinajstić information content (AvgIpc) is 2.88. The van der Waals surface area contributed by atoms with E-state index in [9.17, 15) is 46.1 Å². The first-order valence-electron chi connectivity index (χ1n) is 15.5. The van der Waals surface area contributed by atoms with Crippen molar-refractivity contribution >= 4 is 11.9 Å². The first-order valence-corrected chi connectivity index (χ1v) is 15.5. The van der Waals surface area contributed by atoms with Gasteiger partial charge >= 0.3 is 24.0 Å². The number of hydrogen-bond acceptors (Lipinski definition) is 6. The molecular weight excluding hydrogens is 582 g/mol. The first-order chi connectivity index (χ1) is 19.8. The molecule has 0 radical (unpaired) electrons. The molecule has 8 saturated carbocycles. The quantitative estimate of drug-likeness (QED) is 0.248. The van der Waals surface area contributed by atoms with E-state index in [0.717, 1.165) is 64.2 Å². The zero-order valence-electron chi connectivity index (χ0n) is 24.9. The molecule has 8 aliphatic rings. The Morgan fingerprint density at radius 2 is 0.953 bits per heavy atom. The minimum Gasteiger partial charge on any atom is -0.462 e. The van der Waals surface area contributed by atoms with E-state index in [0.29, 0.717) is 37.0 Å². The van der Waals surface area contributed by atoms with Crippen molar-refractivity contribution in [2.75, 3.05) is 26.4 Å². The number of carbonyl (C=O) groups is 2. The lowest BCUT2D eigenvalue weighted by atomic mass is 9.44. The van der Waals surface area contributed by atoms with Crippen LogP contribution < -0.4 is 0 Å². The molecule has 0 heterocycles. The van der Waals surface area contributed by atoms with Crippen LogP contribution in [0.3, 0.4) is 0 Å². The van der Waals surface area contributed by atoms with E-state index in [-0.39, 0.29) is 49.6 Å². The minimum atomic E-state index is -5.28. The van der Waals surface area contributed by atoms with Gasteiger partial charge in [0.05, 0.1) is 13.2 Å². The number of aliphatic hydroxyl groups is 2. The molecule has 6 nitrogen and oxygen atoms in total. The molecule has 2 N–H and O–H groups in total. The molecule has 43 heavy (non-hydrogen) atoms. The van der Waals surface area contributed by atoms with Crippen LogP contribution in [0.4, 0.5) is 26.3 Å². The van der Waals surface area contributed by atoms with Gasteiger partial charge in [0.25, 0.3) is 5.67 Å². The SMILES string of the molecule is CC(F)(C(=O)OCC12CC3CC(CC(CO)(C3)C1)C2)C(F)(F)F.CC(F)(F)C(=O)OCC12CC3CC(CC(CO)(C3)C1)C2. The fourth-order valence-electron chi connectivity index (χ4n) is 10.8. The average molecular weight is 627 g/mol. The summed E-state index contributed by atoms with van der Waals surface area (Å²) >= 11 is 0. The van der Waals surface area contributed by atoms with Crippen molar-refractivity contribution in [1.29, 1.82) is 0 Å². The predicted octanol–water partition coefficient (Wildman–Crippen LogP) is 6.16. The third-order valence-electron chi connectivity index (χ3n) is 11.6. The fraction of sp³-hybridized carbons (Fsp3) is 0.935. The zero-order chi connectivity index (χ0) is 31.7. The van der Waals surface area contributed by atoms with Crippen molar-refractivity contribution in [2.24, 2.45) is 45.3 Å². The first kappa shape index (κ1) is 32.8. The summed E-state index contributed by atoms with van der Waals surface area (Å²) in [6.07, 6.45) is 5.85. The number of carbonyl (C=O) groups excluding carboxylic acids is 2. The van der Waals surface area contributed by atoms with Crippen molar-refractivity contribution in [2.45, 2.75) is 109 Å². The van der Waals surface area contributed by atoms with Gasteiger partial charge in [-0.05, 0) is 118 Å². The van der Waals surface area contributed by atoms with Crippen molar-refractivity contribution in [3.05, 3.63) is 0 Å². The standard InChI is InChI=1S/C16H22F4O3.C15H22F2O3/c1-13(17,16(18,19)20)12(22)23-9-15-5-10-2-11(6-15)4-14(3-10,7-15)8-21;1-13(16,17)12(19)20-9-15-5-10-2-11(6-15)4-14(3-10,7-15)8-18/h10-11,21H,2-9H2,1H3;10-11,18H,2-9H2,1H3. The number of halogens is 6. The van der Waals surface area contributed by atoms with Crippen molar-refractivity contribution in [3.8, 4) is 0 Å². The van der Waals surface area contributed by atoms with Crippen LogP contribution in [0.2, 0.25) is 0 Å². The van der Waals surface area contributed by atoms with Crippen LogP contribution in [-0.4, -0.2) is 66.3 Å². The topological polar surface area (TPSA) is 93.1 Å². The third-order valence-corrected chi connectivity index (χ3v) is 11.6. The van der Waals surface area contributed by atoms with Crippen molar-refractivity contribution < 1.29 is 55.6 Å². The number of alkyl halides is 6. The number of hydrogen-bond donors (Lipinski definition) is 2. The molecule has 8 bridgehead atoms. The molecule has 0 aromatic carbocycles. The van der Waals surface area contributed by atoms with Gasteiger partial charge in [0.1, 0.15) is 0 Å². The summed E-state index contributed by atoms with van der Waals surface area (Å²) in [6.45, 7) is 0.896. The number of esters is 2. The molecule has 0 aliphatic heterocycles. The Labute approximate surface area is 248 Å². The fourth-order valence-corrected chi connectivity index (χ4v) is 10.8. The second kappa shape index (κ2) is 10.8. The second-order valence-electron chi connectivity index (χ2n) is 15.8. The van der Waals surface area contributed by atoms with Gasteiger partial charge in [-0.2, -0.15) is 22.0 Å². The molecular formula is C31H44F6O6. The van der Waals surface area contributed by atoms with Crippen LogP contribution in [0.15, 0.2) is 0 Å². The molecule has 0 spiro atoms. The second-order valence-corrected chi connectivity index (χ2v) is 15.8. The van der Waals surface area contributed by atoms with Gasteiger partial charge in [-0.3, -0.25) is 0 Å². The number of ether oxygens (including phenoxy) is 2. The molecule has 0 aromatic rings. The lowest BCUT2D eigenvalue weighted by Crippen LogP contribution is -2.55. The molecule has 12 heteroatoms. The van der Waals surface area contributed by atoms with Crippen molar-refractivity contribution in [3.63, 3.8) is 0 Å².